The molecule has 0 atom stereocenters. The second kappa shape index (κ2) is 4.94. The minimum absolute atomic E-state index is 0.0510. The zero-order valence-corrected chi connectivity index (χ0v) is 10.8. The summed E-state index contributed by atoms with van der Waals surface area (Å²) >= 11 is 11.8. The quantitative estimate of drug-likeness (QED) is 0.770. The van der Waals surface area contributed by atoms with E-state index in [0.29, 0.717) is 22.3 Å². The number of hydrogen-bond acceptors (Lipinski definition) is 1. The lowest BCUT2D eigenvalue weighted by atomic mass is 10.2. The summed E-state index contributed by atoms with van der Waals surface area (Å²) in [5.41, 5.74) is 1.70. The van der Waals surface area contributed by atoms with Crippen molar-refractivity contribution in [1.29, 1.82) is 0 Å². The predicted octanol–water partition coefficient (Wildman–Crippen LogP) is 4.05. The molecule has 0 radical (unpaired) electrons. The molecule has 17 heavy (non-hydrogen) atoms. The molecule has 0 N–H and O–H groups in total. The van der Waals surface area contributed by atoms with E-state index in [-0.39, 0.29) is 5.78 Å². The standard InChI is InChI=1S/C13H11Cl2NO/c1-9(17)13-3-2-6-16(13)8-10-4-5-11(14)12(15)7-10/h2-7H,8H2,1H3. The van der Waals surface area contributed by atoms with E-state index in [4.69, 9.17) is 23.2 Å². The number of carbonyl (C=O) groups excluding carboxylic acids is 1. The second-order valence-electron chi connectivity index (χ2n) is 3.83. The molecule has 88 valence electrons. The number of nitrogens with zero attached hydrogens (tertiary/aromatic N) is 1. The molecule has 0 amide bonds. The van der Waals surface area contributed by atoms with Gasteiger partial charge in [-0.05, 0) is 29.8 Å². The Hall–Kier alpha value is -1.25. The summed E-state index contributed by atoms with van der Waals surface area (Å²) < 4.78 is 1.89. The van der Waals surface area contributed by atoms with Crippen LogP contribution in [0.4, 0.5) is 0 Å². The first kappa shape index (κ1) is 12.2. The summed E-state index contributed by atoms with van der Waals surface area (Å²) in [6, 6.07) is 9.14. The van der Waals surface area contributed by atoms with E-state index >= 15 is 0 Å². The van der Waals surface area contributed by atoms with Crippen LogP contribution in [0.25, 0.3) is 0 Å². The topological polar surface area (TPSA) is 22.0 Å². The lowest BCUT2D eigenvalue weighted by molar-refractivity contribution is 0.100. The maximum Gasteiger partial charge on any atom is 0.176 e. The Morgan fingerprint density at radius 3 is 2.65 bits per heavy atom. The van der Waals surface area contributed by atoms with Crippen LogP contribution in [-0.2, 0) is 6.54 Å². The van der Waals surface area contributed by atoms with Crippen LogP contribution in [0, 0.1) is 0 Å². The molecule has 2 nitrogen and oxygen atoms in total. The third-order valence-electron chi connectivity index (χ3n) is 2.53. The van der Waals surface area contributed by atoms with Crippen LogP contribution in [0.15, 0.2) is 36.5 Å². The molecule has 1 aromatic carbocycles. The van der Waals surface area contributed by atoms with Gasteiger partial charge in [0.1, 0.15) is 0 Å². The van der Waals surface area contributed by atoms with E-state index in [1.54, 1.807) is 19.1 Å². The first-order chi connectivity index (χ1) is 8.08. The van der Waals surface area contributed by atoms with Gasteiger partial charge >= 0.3 is 0 Å². The largest absolute Gasteiger partial charge is 0.341 e. The summed E-state index contributed by atoms with van der Waals surface area (Å²) in [7, 11) is 0. The smallest absolute Gasteiger partial charge is 0.176 e. The van der Waals surface area contributed by atoms with Crippen molar-refractivity contribution in [3.63, 3.8) is 0 Å². The van der Waals surface area contributed by atoms with Gasteiger partial charge in [0.2, 0.25) is 0 Å². The van der Waals surface area contributed by atoms with Crippen LogP contribution in [0.1, 0.15) is 23.0 Å². The van der Waals surface area contributed by atoms with E-state index < -0.39 is 0 Å². The Bertz CT molecular complexity index is 560. The van der Waals surface area contributed by atoms with Crippen molar-refractivity contribution in [2.75, 3.05) is 0 Å². The van der Waals surface area contributed by atoms with Crippen molar-refractivity contribution < 1.29 is 4.79 Å². The third kappa shape index (κ3) is 2.71. The molecule has 2 rings (SSSR count). The summed E-state index contributed by atoms with van der Waals surface area (Å²) in [6.45, 7) is 2.17. The first-order valence-electron chi connectivity index (χ1n) is 5.18. The van der Waals surface area contributed by atoms with E-state index in [1.165, 1.54) is 0 Å². The number of hydrogen-bond donors (Lipinski definition) is 0. The van der Waals surface area contributed by atoms with Crippen molar-refractivity contribution in [3.05, 3.63) is 57.8 Å². The number of halogens is 2. The molecule has 0 unspecified atom stereocenters. The van der Waals surface area contributed by atoms with Gasteiger partial charge in [0.25, 0.3) is 0 Å². The van der Waals surface area contributed by atoms with Gasteiger partial charge < -0.3 is 4.57 Å². The Morgan fingerprint density at radius 1 is 1.24 bits per heavy atom. The van der Waals surface area contributed by atoms with Crippen LogP contribution < -0.4 is 0 Å². The lowest BCUT2D eigenvalue weighted by Crippen LogP contribution is -2.06. The highest BCUT2D eigenvalue weighted by atomic mass is 35.5. The first-order valence-corrected chi connectivity index (χ1v) is 5.93. The number of carbonyl (C=O) groups is 1. The zero-order valence-electron chi connectivity index (χ0n) is 9.28. The number of ketones is 1. The molecule has 0 fully saturated rings. The summed E-state index contributed by atoms with van der Waals surface area (Å²) in [4.78, 5) is 11.4. The molecule has 0 saturated heterocycles. The van der Waals surface area contributed by atoms with Crippen LogP contribution in [-0.4, -0.2) is 10.4 Å². The second-order valence-corrected chi connectivity index (χ2v) is 4.64. The van der Waals surface area contributed by atoms with Gasteiger partial charge in [-0.25, -0.2) is 0 Å². The number of aromatic nitrogens is 1. The molecular weight excluding hydrogens is 257 g/mol. The van der Waals surface area contributed by atoms with E-state index in [9.17, 15) is 4.79 Å². The average Bonchev–Trinajstić information content (AvgIpc) is 2.72. The van der Waals surface area contributed by atoms with E-state index in [0.717, 1.165) is 5.56 Å². The van der Waals surface area contributed by atoms with Crippen molar-refractivity contribution in [1.82, 2.24) is 4.57 Å². The summed E-state index contributed by atoms with van der Waals surface area (Å²) in [5.74, 6) is 0.0510. The van der Waals surface area contributed by atoms with Crippen molar-refractivity contribution in [2.24, 2.45) is 0 Å². The average molecular weight is 268 g/mol. The molecule has 0 spiro atoms. The molecule has 0 aliphatic rings. The van der Waals surface area contributed by atoms with Gasteiger partial charge in [0, 0.05) is 19.7 Å². The Labute approximate surface area is 110 Å². The van der Waals surface area contributed by atoms with Crippen LogP contribution in [0.2, 0.25) is 10.0 Å². The van der Waals surface area contributed by atoms with Crippen LogP contribution in [0.3, 0.4) is 0 Å². The summed E-state index contributed by atoms with van der Waals surface area (Å²) in [5, 5.41) is 1.07. The van der Waals surface area contributed by atoms with Crippen LogP contribution in [0.5, 0.6) is 0 Å². The number of benzene rings is 1. The van der Waals surface area contributed by atoms with Crippen molar-refractivity contribution >= 4 is 29.0 Å². The van der Waals surface area contributed by atoms with Gasteiger partial charge in [0.05, 0.1) is 15.7 Å². The maximum absolute atomic E-state index is 11.4. The fourth-order valence-electron chi connectivity index (χ4n) is 1.71. The highest BCUT2D eigenvalue weighted by Crippen LogP contribution is 2.23. The van der Waals surface area contributed by atoms with Gasteiger partial charge in [-0.3, -0.25) is 4.79 Å². The van der Waals surface area contributed by atoms with Crippen LogP contribution >= 0.6 is 23.2 Å². The highest BCUT2D eigenvalue weighted by molar-refractivity contribution is 6.42. The SMILES string of the molecule is CC(=O)c1cccn1Cc1ccc(Cl)c(Cl)c1. The monoisotopic (exact) mass is 267 g/mol. The number of rotatable bonds is 3. The maximum atomic E-state index is 11.4. The van der Waals surface area contributed by atoms with Gasteiger partial charge in [-0.15, -0.1) is 0 Å². The highest BCUT2D eigenvalue weighted by Gasteiger charge is 2.07. The van der Waals surface area contributed by atoms with Gasteiger partial charge in [0.15, 0.2) is 5.78 Å². The Kier molecular flexibility index (Phi) is 3.55. The fourth-order valence-corrected chi connectivity index (χ4v) is 2.03. The Balaban J connectivity index is 2.28. The summed E-state index contributed by atoms with van der Waals surface area (Å²) in [6.07, 6.45) is 1.87. The van der Waals surface area contributed by atoms with Gasteiger partial charge in [-0.2, -0.15) is 0 Å². The molecule has 0 saturated carbocycles. The molecule has 1 aromatic heterocycles. The Morgan fingerprint density at radius 2 is 2.00 bits per heavy atom. The zero-order chi connectivity index (χ0) is 12.4. The van der Waals surface area contributed by atoms with E-state index in [1.807, 2.05) is 29.0 Å². The predicted molar refractivity (Wildman–Crippen MR) is 70.0 cm³/mol. The normalized spacial score (nSPS) is 10.5. The molecule has 0 aliphatic carbocycles. The molecule has 0 bridgehead atoms. The molecular formula is C13H11Cl2NO. The third-order valence-corrected chi connectivity index (χ3v) is 3.27. The number of Topliss-reactive ketones (excluding diaryl/α,β-unsaturated/α-hetero) is 1. The molecule has 1 heterocycles. The fraction of sp³-hybridized carbons (Fsp3) is 0.154. The van der Waals surface area contributed by atoms with Crippen molar-refractivity contribution in [3.8, 4) is 0 Å². The molecule has 0 aliphatic heterocycles. The van der Waals surface area contributed by atoms with Gasteiger partial charge in [-0.1, -0.05) is 29.3 Å². The van der Waals surface area contributed by atoms with Crippen molar-refractivity contribution in [2.45, 2.75) is 13.5 Å². The minimum atomic E-state index is 0.0510. The molecule has 4 heteroatoms. The van der Waals surface area contributed by atoms with E-state index in [2.05, 4.69) is 0 Å². The molecule has 2 aromatic rings. The minimum Gasteiger partial charge on any atom is -0.341 e. The lowest BCUT2D eigenvalue weighted by Gasteiger charge is -2.08.